The van der Waals surface area contributed by atoms with Crippen molar-refractivity contribution in [2.75, 3.05) is 26.2 Å². The molecule has 2 saturated heterocycles. The average molecular weight is 608 g/mol. The van der Waals surface area contributed by atoms with E-state index in [0.717, 1.165) is 58.3 Å². The molecule has 4 aliphatic rings. The van der Waals surface area contributed by atoms with Crippen LogP contribution in [0.5, 0.6) is 0 Å². The third kappa shape index (κ3) is 8.31. The van der Waals surface area contributed by atoms with E-state index >= 15 is 0 Å². The summed E-state index contributed by atoms with van der Waals surface area (Å²) in [6.07, 6.45) is 5.97. The molecule has 4 nitrogen and oxygen atoms in total. The fourth-order valence-electron chi connectivity index (χ4n) is 8.23. The SMILES string of the molecule is Cc1cc2c(cc1C)C1CC(=O)C(CC(C)C)CN1CC2.Cc1cc2c(cc1C)C1CC(O)C(CC(C)C)CN1CC2.[B].[H-].[Na+]. The summed E-state index contributed by atoms with van der Waals surface area (Å²) in [6.45, 7) is 22.0. The molecule has 235 valence electrons. The second-order valence-corrected chi connectivity index (χ2v) is 15.0. The van der Waals surface area contributed by atoms with Gasteiger partial charge in [-0.15, -0.1) is 0 Å². The molecular formula is C38H57BN2NaO2. The molecule has 0 amide bonds. The van der Waals surface area contributed by atoms with Gasteiger partial charge in [0.05, 0.1) is 6.10 Å². The predicted molar refractivity (Wildman–Crippen MR) is 181 cm³/mol. The monoisotopic (exact) mass is 607 g/mol. The van der Waals surface area contributed by atoms with Crippen molar-refractivity contribution in [2.45, 2.75) is 112 Å². The van der Waals surface area contributed by atoms with E-state index in [1.165, 1.54) is 44.5 Å². The Morgan fingerprint density at radius 3 is 1.77 bits per heavy atom. The van der Waals surface area contributed by atoms with E-state index in [0.29, 0.717) is 42.0 Å². The Morgan fingerprint density at radius 1 is 0.773 bits per heavy atom. The van der Waals surface area contributed by atoms with Crippen LogP contribution < -0.4 is 29.6 Å². The van der Waals surface area contributed by atoms with Gasteiger partial charge in [0.15, 0.2) is 0 Å². The molecule has 6 heteroatoms. The smallest absolute Gasteiger partial charge is 1.00 e. The number of rotatable bonds is 4. The van der Waals surface area contributed by atoms with Gasteiger partial charge in [0.25, 0.3) is 0 Å². The van der Waals surface area contributed by atoms with Crippen molar-refractivity contribution < 1.29 is 40.9 Å². The van der Waals surface area contributed by atoms with Gasteiger partial charge in [0, 0.05) is 59.0 Å². The number of aryl methyl sites for hydroxylation is 4. The minimum absolute atomic E-state index is 0. The summed E-state index contributed by atoms with van der Waals surface area (Å²) in [5.74, 6) is 2.47. The van der Waals surface area contributed by atoms with Crippen molar-refractivity contribution in [3.8, 4) is 0 Å². The van der Waals surface area contributed by atoms with Gasteiger partial charge < -0.3 is 6.53 Å². The number of carbonyl (C=O) groups excluding carboxylic acids is 1. The molecule has 0 saturated carbocycles. The standard InChI is InChI=1S/C19H29NO.C19H27NO.B.Na.H/c2*1-12(2)7-16-11-20-6-5-15-8-13(3)14(4)9-17(15)18(20)10-19(16)21;;;/h8-9,12,16,18-19,21H,5-7,10-11H2,1-4H3;8-9,12,16,18H,5-7,10-11H2,1-4H3;;;/q;;;+1;-1. The van der Waals surface area contributed by atoms with E-state index in [1.807, 2.05) is 0 Å². The first-order chi connectivity index (χ1) is 19.9. The molecule has 2 aromatic carbocycles. The van der Waals surface area contributed by atoms with Crippen LogP contribution in [-0.2, 0) is 17.6 Å². The number of fused-ring (bicyclic) bond motifs is 6. The van der Waals surface area contributed by atoms with Gasteiger partial charge in [-0.25, -0.2) is 0 Å². The third-order valence-electron chi connectivity index (χ3n) is 10.8. The predicted octanol–water partition coefficient (Wildman–Crippen LogP) is 4.20. The van der Waals surface area contributed by atoms with Gasteiger partial charge in [-0.1, -0.05) is 52.0 Å². The van der Waals surface area contributed by atoms with E-state index in [1.54, 1.807) is 0 Å². The van der Waals surface area contributed by atoms with Crippen LogP contribution in [0.4, 0.5) is 0 Å². The second-order valence-electron chi connectivity index (χ2n) is 15.0. The van der Waals surface area contributed by atoms with Crippen LogP contribution in [0, 0.1) is 51.4 Å². The zero-order chi connectivity index (χ0) is 30.3. The molecule has 1 N–H and O–H groups in total. The van der Waals surface area contributed by atoms with Crippen LogP contribution in [0.3, 0.4) is 0 Å². The van der Waals surface area contributed by atoms with E-state index in [-0.39, 0.29) is 51.4 Å². The van der Waals surface area contributed by atoms with Crippen molar-refractivity contribution in [1.82, 2.24) is 9.80 Å². The van der Waals surface area contributed by atoms with E-state index in [2.05, 4.69) is 89.5 Å². The molecule has 4 heterocycles. The van der Waals surface area contributed by atoms with E-state index in [9.17, 15) is 9.90 Å². The fourth-order valence-corrected chi connectivity index (χ4v) is 8.23. The van der Waals surface area contributed by atoms with Gasteiger partial charge in [-0.2, -0.15) is 0 Å². The summed E-state index contributed by atoms with van der Waals surface area (Å²) in [5.41, 5.74) is 11.4. The van der Waals surface area contributed by atoms with Gasteiger partial charge in [0.1, 0.15) is 5.78 Å². The number of piperidine rings is 2. The Hall–Kier alpha value is -0.945. The molecule has 0 aromatic heterocycles. The number of aliphatic hydroxyl groups excluding tert-OH is 1. The molecule has 2 fully saturated rings. The van der Waals surface area contributed by atoms with E-state index < -0.39 is 0 Å². The maximum Gasteiger partial charge on any atom is 1.00 e. The first-order valence-corrected chi connectivity index (χ1v) is 16.8. The van der Waals surface area contributed by atoms with Crippen molar-refractivity contribution in [2.24, 2.45) is 23.7 Å². The summed E-state index contributed by atoms with van der Waals surface area (Å²) in [4.78, 5) is 17.7. The molecule has 4 aliphatic heterocycles. The number of hydrogen-bond acceptors (Lipinski definition) is 4. The van der Waals surface area contributed by atoms with E-state index in [4.69, 9.17) is 0 Å². The summed E-state index contributed by atoms with van der Waals surface area (Å²) < 4.78 is 0. The number of carbonyl (C=O) groups is 1. The maximum absolute atomic E-state index is 12.5. The number of Topliss-reactive ketones (excluding diaryl/α,β-unsaturated/α-hetero) is 1. The van der Waals surface area contributed by atoms with Gasteiger partial charge in [-0.3, -0.25) is 14.6 Å². The minimum Gasteiger partial charge on any atom is -1.00 e. The number of benzene rings is 2. The van der Waals surface area contributed by atoms with Crippen molar-refractivity contribution in [3.05, 3.63) is 68.8 Å². The largest absolute Gasteiger partial charge is 1.00 e. The summed E-state index contributed by atoms with van der Waals surface area (Å²) >= 11 is 0. The molecule has 5 unspecified atom stereocenters. The van der Waals surface area contributed by atoms with Crippen LogP contribution in [0.25, 0.3) is 0 Å². The summed E-state index contributed by atoms with van der Waals surface area (Å²) in [7, 11) is 0. The first-order valence-electron chi connectivity index (χ1n) is 16.8. The van der Waals surface area contributed by atoms with Crippen molar-refractivity contribution >= 4 is 14.2 Å². The van der Waals surface area contributed by atoms with Crippen LogP contribution >= 0.6 is 0 Å². The number of nitrogens with zero attached hydrogens (tertiary/aromatic N) is 2. The quantitative estimate of drug-likeness (QED) is 0.530. The minimum atomic E-state index is -0.138. The molecule has 6 rings (SSSR count). The molecule has 44 heavy (non-hydrogen) atoms. The first kappa shape index (κ1) is 37.5. The van der Waals surface area contributed by atoms with Crippen LogP contribution in [0.1, 0.15) is 111 Å². The molecule has 3 radical (unpaired) electrons. The molecule has 2 aromatic rings. The van der Waals surface area contributed by atoms with Gasteiger partial charge >= 0.3 is 29.6 Å². The molecule has 0 bridgehead atoms. The average Bonchev–Trinajstić information content (AvgIpc) is 2.91. The van der Waals surface area contributed by atoms with Crippen LogP contribution in [-0.4, -0.2) is 61.4 Å². The molecule has 5 atom stereocenters. The number of ketones is 1. The maximum atomic E-state index is 12.5. The van der Waals surface area contributed by atoms with Gasteiger partial charge in [-0.05, 0) is 122 Å². The third-order valence-corrected chi connectivity index (χ3v) is 10.8. The summed E-state index contributed by atoms with van der Waals surface area (Å²) in [6, 6.07) is 10.2. The van der Waals surface area contributed by atoms with Gasteiger partial charge in [0.2, 0.25) is 0 Å². The second kappa shape index (κ2) is 15.8. The molecule has 0 spiro atoms. The number of hydrogen-bond donors (Lipinski definition) is 1. The Kier molecular flexibility index (Phi) is 13.4. The Bertz CT molecular complexity index is 1300. The Labute approximate surface area is 294 Å². The topological polar surface area (TPSA) is 43.8 Å². The van der Waals surface area contributed by atoms with Crippen LogP contribution in [0.15, 0.2) is 24.3 Å². The zero-order valence-corrected chi connectivity index (χ0v) is 31.2. The fraction of sp³-hybridized carbons (Fsp3) is 0.658. The zero-order valence-electron chi connectivity index (χ0n) is 30.2. The molecular weight excluding hydrogens is 550 g/mol. The molecule has 0 aliphatic carbocycles. The Balaban J connectivity index is 0.000000294. The van der Waals surface area contributed by atoms with Crippen molar-refractivity contribution in [3.63, 3.8) is 0 Å². The van der Waals surface area contributed by atoms with Crippen molar-refractivity contribution in [1.29, 1.82) is 0 Å². The normalized spacial score (nSPS) is 26.3. The van der Waals surface area contributed by atoms with Crippen LogP contribution in [0.2, 0.25) is 0 Å². The number of aliphatic hydroxyl groups is 1. The summed E-state index contributed by atoms with van der Waals surface area (Å²) in [5, 5.41) is 10.6. The Morgan fingerprint density at radius 2 is 1.25 bits per heavy atom.